The minimum absolute atomic E-state index is 0.422. The predicted octanol–water partition coefficient (Wildman–Crippen LogP) is 4.89. The van der Waals surface area contributed by atoms with E-state index in [1.54, 1.807) is 13.8 Å². The Hall–Kier alpha value is -1.62. The zero-order valence-electron chi connectivity index (χ0n) is 18.7. The minimum atomic E-state index is -0.714. The Bertz CT molecular complexity index is 747. The van der Waals surface area contributed by atoms with E-state index in [9.17, 15) is 15.3 Å². The Kier molecular flexibility index (Phi) is 7.78. The van der Waals surface area contributed by atoms with Gasteiger partial charge in [0, 0.05) is 6.42 Å². The van der Waals surface area contributed by atoms with Crippen LogP contribution in [0.1, 0.15) is 77.2 Å². The van der Waals surface area contributed by atoms with E-state index in [-0.39, 0.29) is 0 Å². The summed E-state index contributed by atoms with van der Waals surface area (Å²) in [6.07, 6.45) is 9.39. The lowest BCUT2D eigenvalue weighted by Crippen LogP contribution is -2.24. The van der Waals surface area contributed by atoms with Crippen LogP contribution >= 0.6 is 0 Å². The fourth-order valence-electron chi connectivity index (χ4n) is 4.74. The van der Waals surface area contributed by atoms with E-state index >= 15 is 0 Å². The lowest BCUT2D eigenvalue weighted by atomic mass is 9.73. The van der Waals surface area contributed by atoms with Gasteiger partial charge in [-0.05, 0) is 81.9 Å². The average Bonchev–Trinajstić information content (AvgIpc) is 2.66. The van der Waals surface area contributed by atoms with Gasteiger partial charge in [-0.1, -0.05) is 42.4 Å². The van der Waals surface area contributed by atoms with Gasteiger partial charge in [0.2, 0.25) is 0 Å². The summed E-state index contributed by atoms with van der Waals surface area (Å²) >= 11 is 0. The van der Waals surface area contributed by atoms with Gasteiger partial charge < -0.3 is 20.1 Å². The van der Waals surface area contributed by atoms with E-state index in [0.717, 1.165) is 17.7 Å². The van der Waals surface area contributed by atoms with Gasteiger partial charge in [0.25, 0.3) is 0 Å². The van der Waals surface area contributed by atoms with Crippen LogP contribution in [0.4, 0.5) is 0 Å². The molecule has 4 atom stereocenters. The van der Waals surface area contributed by atoms with Crippen molar-refractivity contribution >= 4 is 0 Å². The zero-order valence-corrected chi connectivity index (χ0v) is 18.7. The number of rotatable bonds is 6. The Morgan fingerprint density at radius 1 is 1.13 bits per heavy atom. The third-order valence-corrected chi connectivity index (χ3v) is 6.51. The molecule has 3 rings (SSSR count). The summed E-state index contributed by atoms with van der Waals surface area (Å²) in [5.74, 6) is 1.77. The van der Waals surface area contributed by atoms with Gasteiger partial charge in [-0.3, -0.25) is 0 Å². The second-order valence-corrected chi connectivity index (χ2v) is 9.79. The molecule has 0 heterocycles. The highest BCUT2D eigenvalue weighted by molar-refractivity contribution is 5.34. The number of hydrogen-bond acceptors (Lipinski definition) is 4. The number of aliphatic hydroxyl groups excluding tert-OH is 2. The van der Waals surface area contributed by atoms with Crippen LogP contribution in [0.5, 0.6) is 5.75 Å². The third kappa shape index (κ3) is 6.69. The Morgan fingerprint density at radius 3 is 2.57 bits per heavy atom. The van der Waals surface area contributed by atoms with Gasteiger partial charge >= 0.3 is 0 Å². The normalized spacial score (nSPS) is 29.1. The highest BCUT2D eigenvalue weighted by Crippen LogP contribution is 2.41. The molecule has 2 aliphatic rings. The Labute approximate surface area is 181 Å². The molecular weight excluding hydrogens is 376 g/mol. The number of hydrogen-bond donors (Lipinski definition) is 3. The standard InChI is InChI=1S/C26H38O4/c1-18-20(11-10-19-14-22(27)17-23(28)15-19)6-5-9-25(18)21-7-4-8-24(16-21)30-13-12-26(2,3)29/h4,7-8,10-11,16,18,22-23,25,27-29H,5-6,9,12-15,17H2,1-3H3/b20-11+/t18-,22-,23-,25-/m1/s1. The molecule has 0 spiro atoms. The molecule has 2 aliphatic carbocycles. The number of benzene rings is 1. The van der Waals surface area contributed by atoms with Crippen molar-refractivity contribution in [2.75, 3.05) is 6.61 Å². The molecule has 4 nitrogen and oxygen atoms in total. The summed E-state index contributed by atoms with van der Waals surface area (Å²) in [7, 11) is 0. The topological polar surface area (TPSA) is 69.9 Å². The van der Waals surface area contributed by atoms with Crippen molar-refractivity contribution in [2.24, 2.45) is 5.92 Å². The number of ether oxygens (including phenoxy) is 1. The molecule has 1 aromatic rings. The van der Waals surface area contributed by atoms with Gasteiger partial charge in [-0.2, -0.15) is 0 Å². The van der Waals surface area contributed by atoms with Gasteiger partial charge in [0.05, 0.1) is 24.4 Å². The molecule has 2 fully saturated rings. The van der Waals surface area contributed by atoms with E-state index in [1.165, 1.54) is 24.0 Å². The molecule has 166 valence electrons. The quantitative estimate of drug-likeness (QED) is 0.620. The van der Waals surface area contributed by atoms with E-state index in [4.69, 9.17) is 4.74 Å². The van der Waals surface area contributed by atoms with Crippen molar-refractivity contribution in [3.63, 3.8) is 0 Å². The van der Waals surface area contributed by atoms with Crippen LogP contribution in [0.25, 0.3) is 0 Å². The lowest BCUT2D eigenvalue weighted by Gasteiger charge is -2.32. The fourth-order valence-corrected chi connectivity index (χ4v) is 4.74. The minimum Gasteiger partial charge on any atom is -0.493 e. The van der Waals surface area contributed by atoms with Crippen LogP contribution in [0.2, 0.25) is 0 Å². The van der Waals surface area contributed by atoms with E-state index in [2.05, 4.69) is 37.3 Å². The summed E-state index contributed by atoms with van der Waals surface area (Å²) in [6, 6.07) is 8.40. The van der Waals surface area contributed by atoms with Crippen molar-refractivity contribution in [1.29, 1.82) is 0 Å². The van der Waals surface area contributed by atoms with Crippen LogP contribution in [0.3, 0.4) is 0 Å². The second kappa shape index (κ2) is 10.1. The maximum atomic E-state index is 9.91. The molecule has 1 aromatic carbocycles. The zero-order chi connectivity index (χ0) is 21.7. The average molecular weight is 415 g/mol. The van der Waals surface area contributed by atoms with Crippen LogP contribution in [-0.2, 0) is 0 Å². The number of aliphatic hydroxyl groups is 3. The smallest absolute Gasteiger partial charge is 0.119 e. The SMILES string of the molecule is C[C@@H]1/C(=C/C=C2C[C@@H](O)C[C@H](O)C2)CCC[C@H]1c1cccc(OCCC(C)(C)O)c1. The maximum absolute atomic E-state index is 9.91. The van der Waals surface area contributed by atoms with Crippen molar-refractivity contribution in [2.45, 2.75) is 89.4 Å². The molecule has 0 bridgehead atoms. The summed E-state index contributed by atoms with van der Waals surface area (Å²) in [5.41, 5.74) is 3.19. The molecule has 0 aliphatic heterocycles. The highest BCUT2D eigenvalue weighted by Gasteiger charge is 2.27. The van der Waals surface area contributed by atoms with Crippen LogP contribution < -0.4 is 4.74 Å². The van der Waals surface area contributed by atoms with Crippen molar-refractivity contribution in [3.05, 3.63) is 53.1 Å². The highest BCUT2D eigenvalue weighted by atomic mass is 16.5. The van der Waals surface area contributed by atoms with Crippen LogP contribution in [0, 0.1) is 5.92 Å². The largest absolute Gasteiger partial charge is 0.493 e. The van der Waals surface area contributed by atoms with E-state index in [0.29, 0.717) is 44.1 Å². The lowest BCUT2D eigenvalue weighted by molar-refractivity contribution is 0.0552. The molecule has 0 saturated heterocycles. The first-order chi connectivity index (χ1) is 14.2. The molecule has 2 saturated carbocycles. The van der Waals surface area contributed by atoms with Crippen LogP contribution in [0.15, 0.2) is 47.6 Å². The molecule has 0 radical (unpaired) electrons. The predicted molar refractivity (Wildman–Crippen MR) is 121 cm³/mol. The third-order valence-electron chi connectivity index (χ3n) is 6.51. The van der Waals surface area contributed by atoms with Crippen molar-refractivity contribution in [3.8, 4) is 5.75 Å². The molecule has 0 amide bonds. The van der Waals surface area contributed by atoms with Crippen LogP contribution in [-0.4, -0.2) is 39.7 Å². The fraction of sp³-hybridized carbons (Fsp3) is 0.615. The Balaban J connectivity index is 1.67. The van der Waals surface area contributed by atoms with E-state index < -0.39 is 17.8 Å². The summed E-state index contributed by atoms with van der Waals surface area (Å²) < 4.78 is 5.89. The first-order valence-corrected chi connectivity index (χ1v) is 11.4. The molecule has 3 N–H and O–H groups in total. The molecule has 0 unspecified atom stereocenters. The van der Waals surface area contributed by atoms with E-state index in [1.807, 2.05) is 6.07 Å². The Morgan fingerprint density at radius 2 is 1.87 bits per heavy atom. The molecule has 30 heavy (non-hydrogen) atoms. The summed E-state index contributed by atoms with van der Waals surface area (Å²) in [4.78, 5) is 0. The summed E-state index contributed by atoms with van der Waals surface area (Å²) in [6.45, 7) is 6.41. The summed E-state index contributed by atoms with van der Waals surface area (Å²) in [5, 5.41) is 29.7. The first-order valence-electron chi connectivity index (χ1n) is 11.4. The van der Waals surface area contributed by atoms with Gasteiger partial charge in [-0.15, -0.1) is 0 Å². The van der Waals surface area contributed by atoms with Crippen molar-refractivity contribution in [1.82, 2.24) is 0 Å². The van der Waals surface area contributed by atoms with Gasteiger partial charge in [-0.25, -0.2) is 0 Å². The molecule has 0 aromatic heterocycles. The first kappa shape index (κ1) is 23.1. The number of allylic oxidation sites excluding steroid dienone is 3. The molecular formula is C26H38O4. The monoisotopic (exact) mass is 414 g/mol. The molecule has 4 heteroatoms. The van der Waals surface area contributed by atoms with Gasteiger partial charge in [0.15, 0.2) is 0 Å². The van der Waals surface area contributed by atoms with Crippen molar-refractivity contribution < 1.29 is 20.1 Å². The van der Waals surface area contributed by atoms with Gasteiger partial charge in [0.1, 0.15) is 5.75 Å². The maximum Gasteiger partial charge on any atom is 0.119 e. The second-order valence-electron chi connectivity index (χ2n) is 9.79.